The first kappa shape index (κ1) is 18.5. The summed E-state index contributed by atoms with van der Waals surface area (Å²) >= 11 is 11.8. The maximum Gasteiger partial charge on any atom is 0.252 e. The van der Waals surface area contributed by atoms with E-state index >= 15 is 0 Å². The van der Waals surface area contributed by atoms with Crippen molar-refractivity contribution < 1.29 is 13.2 Å². The number of amides is 1. The minimum absolute atomic E-state index is 0.0774. The van der Waals surface area contributed by atoms with Crippen LogP contribution in [0.15, 0.2) is 48.8 Å². The number of hydrogen-bond acceptors (Lipinski definition) is 4. The van der Waals surface area contributed by atoms with Crippen molar-refractivity contribution in [3.63, 3.8) is 0 Å². The number of anilines is 1. The van der Waals surface area contributed by atoms with Crippen molar-refractivity contribution in [3.8, 4) is 0 Å². The molecule has 0 fully saturated rings. The Morgan fingerprint density at radius 1 is 1.15 bits per heavy atom. The minimum Gasteiger partial charge on any atom is -0.351 e. The number of fused-ring (bicyclic) bond motifs is 1. The molecule has 26 heavy (non-hydrogen) atoms. The van der Waals surface area contributed by atoms with Gasteiger partial charge in [-0.1, -0.05) is 23.2 Å². The summed E-state index contributed by atoms with van der Waals surface area (Å²) in [5.41, 5.74) is 1.37. The molecule has 0 spiro atoms. The van der Waals surface area contributed by atoms with E-state index in [-0.39, 0.29) is 22.9 Å². The second-order valence-electron chi connectivity index (χ2n) is 5.42. The van der Waals surface area contributed by atoms with Gasteiger partial charge in [0.15, 0.2) is 0 Å². The van der Waals surface area contributed by atoms with Gasteiger partial charge in [-0.2, -0.15) is 5.10 Å². The van der Waals surface area contributed by atoms with E-state index in [4.69, 9.17) is 23.2 Å². The molecule has 1 amide bonds. The molecule has 3 rings (SSSR count). The molecular formula is C16H14Cl2N4O3S. The lowest BCUT2D eigenvalue weighted by molar-refractivity contribution is 0.0956. The summed E-state index contributed by atoms with van der Waals surface area (Å²) in [5.74, 6) is -0.783. The predicted molar refractivity (Wildman–Crippen MR) is 101 cm³/mol. The van der Waals surface area contributed by atoms with Crippen molar-refractivity contribution in [2.24, 2.45) is 0 Å². The fourth-order valence-corrected chi connectivity index (χ4v) is 3.62. The van der Waals surface area contributed by atoms with Crippen LogP contribution in [0.1, 0.15) is 10.4 Å². The standard InChI is InChI=1S/C16H14Cl2N4O3S/c17-11-1-2-15(18)14(9-11)16(23)19-6-8-26(24,25)21-12-4-7-22-13(10-12)3-5-20-22/h1-5,7,9-10,21H,6,8H2,(H,19,23). The number of nitrogens with zero attached hydrogens (tertiary/aromatic N) is 2. The highest BCUT2D eigenvalue weighted by atomic mass is 35.5. The normalized spacial score (nSPS) is 11.5. The summed E-state index contributed by atoms with van der Waals surface area (Å²) in [4.78, 5) is 12.1. The molecule has 2 aromatic heterocycles. The van der Waals surface area contributed by atoms with Gasteiger partial charge in [0.1, 0.15) is 0 Å². The van der Waals surface area contributed by atoms with Crippen LogP contribution in [-0.2, 0) is 10.0 Å². The van der Waals surface area contributed by atoms with Crippen LogP contribution in [0, 0.1) is 0 Å². The Bertz CT molecular complexity index is 1070. The number of sulfonamides is 1. The van der Waals surface area contributed by atoms with Crippen LogP contribution in [0.4, 0.5) is 5.69 Å². The zero-order valence-electron chi connectivity index (χ0n) is 13.3. The first-order valence-corrected chi connectivity index (χ1v) is 9.92. The molecule has 0 bridgehead atoms. The average Bonchev–Trinajstić information content (AvgIpc) is 3.04. The summed E-state index contributed by atoms with van der Waals surface area (Å²) < 4.78 is 28.4. The van der Waals surface area contributed by atoms with Gasteiger partial charge < -0.3 is 5.32 Å². The van der Waals surface area contributed by atoms with Crippen LogP contribution in [0.2, 0.25) is 10.0 Å². The van der Waals surface area contributed by atoms with E-state index in [2.05, 4.69) is 15.1 Å². The number of carbonyl (C=O) groups excluding carboxylic acids is 1. The number of aromatic nitrogens is 2. The molecule has 0 unspecified atom stereocenters. The molecule has 2 N–H and O–H groups in total. The van der Waals surface area contributed by atoms with Crippen molar-refractivity contribution in [2.45, 2.75) is 0 Å². The summed E-state index contributed by atoms with van der Waals surface area (Å²) in [6.45, 7) is -0.0774. The Hall–Kier alpha value is -2.29. The smallest absolute Gasteiger partial charge is 0.252 e. The quantitative estimate of drug-likeness (QED) is 0.650. The topological polar surface area (TPSA) is 92.6 Å². The van der Waals surface area contributed by atoms with Crippen molar-refractivity contribution in [1.82, 2.24) is 14.9 Å². The number of rotatable bonds is 6. The van der Waals surface area contributed by atoms with Crippen molar-refractivity contribution in [2.75, 3.05) is 17.0 Å². The Morgan fingerprint density at radius 2 is 1.96 bits per heavy atom. The third kappa shape index (κ3) is 4.46. The lowest BCUT2D eigenvalue weighted by atomic mass is 10.2. The van der Waals surface area contributed by atoms with Gasteiger partial charge in [0.05, 0.1) is 27.5 Å². The van der Waals surface area contributed by atoms with Crippen LogP contribution >= 0.6 is 23.2 Å². The van der Waals surface area contributed by atoms with E-state index in [1.807, 2.05) is 0 Å². The highest BCUT2D eigenvalue weighted by Gasteiger charge is 2.14. The van der Waals surface area contributed by atoms with Gasteiger partial charge in [-0.3, -0.25) is 9.52 Å². The summed E-state index contributed by atoms with van der Waals surface area (Å²) in [6.07, 6.45) is 3.26. The first-order chi connectivity index (χ1) is 12.3. The molecule has 0 saturated heterocycles. The maximum absolute atomic E-state index is 12.2. The van der Waals surface area contributed by atoms with E-state index < -0.39 is 15.9 Å². The van der Waals surface area contributed by atoms with Crippen LogP contribution in [0.25, 0.3) is 5.52 Å². The minimum atomic E-state index is -3.64. The van der Waals surface area contributed by atoms with Gasteiger partial charge in [-0.15, -0.1) is 0 Å². The SMILES string of the molecule is O=C(NCCS(=O)(=O)Nc1ccn2nccc2c1)c1cc(Cl)ccc1Cl. The van der Waals surface area contributed by atoms with E-state index in [9.17, 15) is 13.2 Å². The van der Waals surface area contributed by atoms with Crippen molar-refractivity contribution in [1.29, 1.82) is 0 Å². The first-order valence-electron chi connectivity index (χ1n) is 7.51. The summed E-state index contributed by atoms with van der Waals surface area (Å²) in [7, 11) is -3.64. The maximum atomic E-state index is 12.2. The monoisotopic (exact) mass is 412 g/mol. The number of pyridine rings is 1. The van der Waals surface area contributed by atoms with Crippen molar-refractivity contribution >= 4 is 50.3 Å². The highest BCUT2D eigenvalue weighted by Crippen LogP contribution is 2.20. The second kappa shape index (κ2) is 7.53. The molecule has 2 heterocycles. The van der Waals surface area contributed by atoms with Crippen LogP contribution < -0.4 is 10.0 Å². The lowest BCUT2D eigenvalue weighted by Crippen LogP contribution is -2.31. The Balaban J connectivity index is 1.59. The number of halogens is 2. The van der Waals surface area contributed by atoms with Gasteiger partial charge in [0.25, 0.3) is 5.91 Å². The Labute approximate surface area is 160 Å². The fraction of sp³-hybridized carbons (Fsp3) is 0.125. The summed E-state index contributed by atoms with van der Waals surface area (Å²) in [6, 6.07) is 9.51. The molecule has 0 atom stereocenters. The highest BCUT2D eigenvalue weighted by molar-refractivity contribution is 7.92. The molecule has 10 heteroatoms. The Kier molecular flexibility index (Phi) is 5.36. The van der Waals surface area contributed by atoms with Crippen LogP contribution in [0.3, 0.4) is 0 Å². The molecule has 0 saturated carbocycles. The van der Waals surface area contributed by atoms with E-state index in [1.165, 1.54) is 12.1 Å². The summed E-state index contributed by atoms with van der Waals surface area (Å²) in [5, 5.41) is 7.16. The molecule has 7 nitrogen and oxygen atoms in total. The molecule has 0 radical (unpaired) electrons. The van der Waals surface area contributed by atoms with E-state index in [0.717, 1.165) is 5.52 Å². The van der Waals surface area contributed by atoms with Crippen molar-refractivity contribution in [3.05, 3.63) is 64.4 Å². The predicted octanol–water partition coefficient (Wildman–Crippen LogP) is 2.81. The zero-order chi connectivity index (χ0) is 18.7. The molecule has 0 aliphatic heterocycles. The molecule has 3 aromatic rings. The molecule has 0 aliphatic carbocycles. The van der Waals surface area contributed by atoms with E-state index in [1.54, 1.807) is 41.2 Å². The number of nitrogens with one attached hydrogen (secondary N) is 2. The van der Waals surface area contributed by atoms with Gasteiger partial charge in [0, 0.05) is 24.0 Å². The van der Waals surface area contributed by atoms with E-state index in [0.29, 0.717) is 10.7 Å². The third-order valence-electron chi connectivity index (χ3n) is 3.50. The fourth-order valence-electron chi connectivity index (χ4n) is 2.28. The number of benzene rings is 1. The van der Waals surface area contributed by atoms with Gasteiger partial charge in [-0.05, 0) is 36.4 Å². The molecule has 0 aliphatic rings. The lowest BCUT2D eigenvalue weighted by Gasteiger charge is -2.10. The second-order valence-corrected chi connectivity index (χ2v) is 8.10. The third-order valence-corrected chi connectivity index (χ3v) is 5.36. The number of carbonyl (C=O) groups is 1. The van der Waals surface area contributed by atoms with Gasteiger partial charge in [-0.25, -0.2) is 12.9 Å². The Morgan fingerprint density at radius 3 is 2.77 bits per heavy atom. The van der Waals surface area contributed by atoms with Crippen LogP contribution in [-0.4, -0.2) is 36.2 Å². The molecule has 1 aromatic carbocycles. The van der Waals surface area contributed by atoms with Crippen LogP contribution in [0.5, 0.6) is 0 Å². The van der Waals surface area contributed by atoms with Gasteiger partial charge in [0.2, 0.25) is 10.0 Å². The average molecular weight is 413 g/mol. The van der Waals surface area contributed by atoms with Gasteiger partial charge >= 0.3 is 0 Å². The largest absolute Gasteiger partial charge is 0.351 e. The zero-order valence-corrected chi connectivity index (χ0v) is 15.6. The number of hydrogen-bond donors (Lipinski definition) is 2. The molecular weight excluding hydrogens is 399 g/mol. The molecule has 136 valence electrons.